The van der Waals surface area contributed by atoms with Gasteiger partial charge in [-0.05, 0) is 51.3 Å². The van der Waals surface area contributed by atoms with E-state index >= 15 is 0 Å². The van der Waals surface area contributed by atoms with E-state index in [-0.39, 0.29) is 12.1 Å². The van der Waals surface area contributed by atoms with Crippen LogP contribution >= 0.6 is 0 Å². The summed E-state index contributed by atoms with van der Waals surface area (Å²) in [5.74, 6) is 0.0997. The molecule has 0 bridgehead atoms. The average Bonchev–Trinajstić information content (AvgIpc) is 3.40. The van der Waals surface area contributed by atoms with Crippen LogP contribution in [-0.2, 0) is 11.3 Å². The smallest absolute Gasteiger partial charge is 0.340 e. The number of esters is 1. The van der Waals surface area contributed by atoms with Crippen molar-refractivity contribution >= 4 is 16.9 Å². The van der Waals surface area contributed by atoms with E-state index in [2.05, 4.69) is 0 Å². The lowest BCUT2D eigenvalue weighted by molar-refractivity contribution is 0.0522. The quantitative estimate of drug-likeness (QED) is 0.784. The van der Waals surface area contributed by atoms with Crippen molar-refractivity contribution in [2.24, 2.45) is 5.92 Å². The Balaban J connectivity index is 1.93. The van der Waals surface area contributed by atoms with Gasteiger partial charge in [-0.1, -0.05) is 18.2 Å². The maximum absolute atomic E-state index is 12.5. The predicted octanol–water partition coefficient (Wildman–Crippen LogP) is 2.92. The molecule has 1 aliphatic carbocycles. The Labute approximate surface area is 148 Å². The lowest BCUT2D eigenvalue weighted by Crippen LogP contribution is -2.31. The number of aliphatic hydroxyl groups excluding tert-OH is 1. The van der Waals surface area contributed by atoms with Crippen LogP contribution in [0, 0.1) is 12.8 Å². The Kier molecular flexibility index (Phi) is 5.35. The van der Waals surface area contributed by atoms with Crippen molar-refractivity contribution < 1.29 is 14.6 Å². The fourth-order valence-electron chi connectivity index (χ4n) is 3.30. The van der Waals surface area contributed by atoms with E-state index in [0.29, 0.717) is 36.9 Å². The van der Waals surface area contributed by atoms with Crippen LogP contribution in [0.3, 0.4) is 0 Å². The molecule has 1 aromatic heterocycles. The number of carbonyl (C=O) groups is 1. The Morgan fingerprint density at radius 2 is 2.12 bits per heavy atom. The topological polar surface area (TPSA) is 62.7 Å². The van der Waals surface area contributed by atoms with E-state index in [4.69, 9.17) is 9.72 Å². The molecule has 1 atom stereocenters. The fourth-order valence-corrected chi connectivity index (χ4v) is 3.30. The zero-order valence-electron chi connectivity index (χ0n) is 15.2. The van der Waals surface area contributed by atoms with Crippen molar-refractivity contribution in [3.05, 3.63) is 41.1 Å². The summed E-state index contributed by atoms with van der Waals surface area (Å²) in [6.07, 6.45) is 1.91. The van der Waals surface area contributed by atoms with E-state index in [0.717, 1.165) is 29.3 Å². The van der Waals surface area contributed by atoms with Gasteiger partial charge in [0.2, 0.25) is 0 Å². The van der Waals surface area contributed by atoms with Gasteiger partial charge in [0.1, 0.15) is 0 Å². The Morgan fingerprint density at radius 3 is 2.80 bits per heavy atom. The molecule has 1 heterocycles. The molecule has 1 N–H and O–H groups in total. The number of aryl methyl sites for hydroxylation is 1. The molecule has 134 valence electrons. The lowest BCUT2D eigenvalue weighted by atomic mass is 10.0. The highest BCUT2D eigenvalue weighted by Crippen LogP contribution is 2.33. The van der Waals surface area contributed by atoms with Gasteiger partial charge in [-0.3, -0.25) is 9.88 Å². The predicted molar refractivity (Wildman–Crippen MR) is 97.5 cm³/mol. The summed E-state index contributed by atoms with van der Waals surface area (Å²) in [7, 11) is 1.95. The van der Waals surface area contributed by atoms with Crippen LogP contribution < -0.4 is 0 Å². The van der Waals surface area contributed by atoms with Crippen molar-refractivity contribution in [2.45, 2.75) is 39.3 Å². The monoisotopic (exact) mass is 342 g/mol. The van der Waals surface area contributed by atoms with Gasteiger partial charge in [-0.2, -0.15) is 0 Å². The van der Waals surface area contributed by atoms with Crippen molar-refractivity contribution in [3.63, 3.8) is 0 Å². The Bertz CT molecular complexity index is 771. The van der Waals surface area contributed by atoms with Crippen molar-refractivity contribution in [3.8, 4) is 0 Å². The van der Waals surface area contributed by atoms with Gasteiger partial charge in [0.05, 0.1) is 29.5 Å². The summed E-state index contributed by atoms with van der Waals surface area (Å²) in [5.41, 5.74) is 3.03. The highest BCUT2D eigenvalue weighted by molar-refractivity contribution is 5.98. The Hall–Kier alpha value is -1.98. The molecular weight excluding hydrogens is 316 g/mol. The molecule has 25 heavy (non-hydrogen) atoms. The second-order valence-corrected chi connectivity index (χ2v) is 6.90. The minimum absolute atomic E-state index is 0.308. The number of rotatable bonds is 7. The van der Waals surface area contributed by atoms with Crippen LogP contribution in [0.1, 0.15) is 41.4 Å². The molecule has 0 aliphatic heterocycles. The van der Waals surface area contributed by atoms with E-state index in [1.54, 1.807) is 6.92 Å². The summed E-state index contributed by atoms with van der Waals surface area (Å²) in [6.45, 7) is 5.17. The van der Waals surface area contributed by atoms with E-state index < -0.39 is 0 Å². The summed E-state index contributed by atoms with van der Waals surface area (Å²) >= 11 is 0. The van der Waals surface area contributed by atoms with E-state index in [1.165, 1.54) is 0 Å². The number of nitrogens with zero attached hydrogens (tertiary/aromatic N) is 2. The minimum Gasteiger partial charge on any atom is -0.462 e. The van der Waals surface area contributed by atoms with Crippen LogP contribution in [0.15, 0.2) is 24.3 Å². The van der Waals surface area contributed by atoms with Crippen LogP contribution in [0.4, 0.5) is 0 Å². The zero-order valence-corrected chi connectivity index (χ0v) is 15.2. The number of likely N-dealkylation sites (N-methyl/N-ethyl adjacent to an activating group) is 1. The van der Waals surface area contributed by atoms with Gasteiger partial charge in [0, 0.05) is 18.5 Å². The van der Waals surface area contributed by atoms with Gasteiger partial charge < -0.3 is 9.84 Å². The number of aromatic nitrogens is 1. The summed E-state index contributed by atoms with van der Waals surface area (Å²) in [6, 6.07) is 7.83. The summed E-state index contributed by atoms with van der Waals surface area (Å²) in [4.78, 5) is 19.3. The molecule has 2 aromatic rings. The van der Waals surface area contributed by atoms with Gasteiger partial charge in [0.25, 0.3) is 0 Å². The summed E-state index contributed by atoms with van der Waals surface area (Å²) in [5, 5.41) is 11.1. The average molecular weight is 342 g/mol. The van der Waals surface area contributed by atoms with Gasteiger partial charge >= 0.3 is 5.97 Å². The van der Waals surface area contributed by atoms with Gasteiger partial charge in [0.15, 0.2) is 0 Å². The SMILES string of the molecule is CCOC(=O)c1c(CN(C)CC(O)C2CC2)nc2ccccc2c1C. The lowest BCUT2D eigenvalue weighted by Gasteiger charge is -2.22. The molecule has 0 spiro atoms. The number of hydrogen-bond donors (Lipinski definition) is 1. The molecule has 0 saturated heterocycles. The van der Waals surface area contributed by atoms with E-state index in [1.807, 2.05) is 43.1 Å². The largest absolute Gasteiger partial charge is 0.462 e. The molecule has 0 radical (unpaired) electrons. The molecule has 5 heteroatoms. The third-order valence-corrected chi connectivity index (χ3v) is 4.79. The summed E-state index contributed by atoms with van der Waals surface area (Å²) < 4.78 is 5.26. The normalized spacial score (nSPS) is 15.6. The molecular formula is C20H26N2O3. The molecule has 3 rings (SSSR count). The maximum atomic E-state index is 12.5. The first-order chi connectivity index (χ1) is 12.0. The first kappa shape index (κ1) is 17.8. The minimum atomic E-state index is -0.329. The van der Waals surface area contributed by atoms with Gasteiger partial charge in [-0.15, -0.1) is 0 Å². The fraction of sp³-hybridized carbons (Fsp3) is 0.500. The molecule has 5 nitrogen and oxygen atoms in total. The number of fused-ring (bicyclic) bond motifs is 1. The third kappa shape index (κ3) is 3.99. The highest BCUT2D eigenvalue weighted by Gasteiger charge is 2.30. The van der Waals surface area contributed by atoms with Crippen LogP contribution in [0.2, 0.25) is 0 Å². The Morgan fingerprint density at radius 1 is 1.40 bits per heavy atom. The molecule has 1 saturated carbocycles. The molecule has 1 unspecified atom stereocenters. The number of hydrogen-bond acceptors (Lipinski definition) is 5. The van der Waals surface area contributed by atoms with Gasteiger partial charge in [-0.25, -0.2) is 4.79 Å². The molecule has 1 fully saturated rings. The number of carbonyl (C=O) groups excluding carboxylic acids is 1. The molecule has 0 amide bonds. The second-order valence-electron chi connectivity index (χ2n) is 6.90. The number of benzene rings is 1. The maximum Gasteiger partial charge on any atom is 0.340 e. The van der Waals surface area contributed by atoms with Crippen LogP contribution in [0.5, 0.6) is 0 Å². The first-order valence-electron chi connectivity index (χ1n) is 8.93. The van der Waals surface area contributed by atoms with Crippen molar-refractivity contribution in [2.75, 3.05) is 20.2 Å². The number of aliphatic hydroxyl groups is 1. The van der Waals surface area contributed by atoms with Crippen LogP contribution in [0.25, 0.3) is 10.9 Å². The van der Waals surface area contributed by atoms with Crippen molar-refractivity contribution in [1.29, 1.82) is 0 Å². The number of para-hydroxylation sites is 1. The standard InChI is InChI=1S/C20H26N2O3/c1-4-25-20(24)19-13(2)15-7-5-6-8-16(15)21-17(19)11-22(3)12-18(23)14-9-10-14/h5-8,14,18,23H,4,9-12H2,1-3H3. The first-order valence-corrected chi connectivity index (χ1v) is 8.93. The second kappa shape index (κ2) is 7.50. The zero-order chi connectivity index (χ0) is 18.0. The molecule has 1 aromatic carbocycles. The van der Waals surface area contributed by atoms with E-state index in [9.17, 15) is 9.90 Å². The molecule has 1 aliphatic rings. The third-order valence-electron chi connectivity index (χ3n) is 4.79. The van der Waals surface area contributed by atoms with Crippen LogP contribution in [-0.4, -0.2) is 47.3 Å². The number of ether oxygens (including phenoxy) is 1. The van der Waals surface area contributed by atoms with Crippen molar-refractivity contribution in [1.82, 2.24) is 9.88 Å². The number of pyridine rings is 1. The highest BCUT2D eigenvalue weighted by atomic mass is 16.5.